The van der Waals surface area contributed by atoms with E-state index in [1.54, 1.807) is 6.33 Å². The molecule has 0 spiro atoms. The summed E-state index contributed by atoms with van der Waals surface area (Å²) in [5, 5.41) is 17.7. The lowest BCUT2D eigenvalue weighted by atomic mass is 9.87. The molecule has 1 aromatic carbocycles. The van der Waals surface area contributed by atoms with Crippen LogP contribution in [0.1, 0.15) is 67.2 Å². The molecular formula is C29H38N6O2. The summed E-state index contributed by atoms with van der Waals surface area (Å²) in [6.45, 7) is 11.6. The van der Waals surface area contributed by atoms with Gasteiger partial charge in [-0.2, -0.15) is 5.10 Å². The van der Waals surface area contributed by atoms with Gasteiger partial charge in [-0.1, -0.05) is 19.9 Å². The topological polar surface area (TPSA) is 98.5 Å². The molecule has 0 radical (unpaired) electrons. The second kappa shape index (κ2) is 10.6. The number of aliphatic hydroxyl groups excluding tert-OH is 1. The van der Waals surface area contributed by atoms with E-state index in [2.05, 4.69) is 72.5 Å². The first kappa shape index (κ1) is 25.4. The van der Waals surface area contributed by atoms with Gasteiger partial charge < -0.3 is 20.3 Å². The van der Waals surface area contributed by atoms with Gasteiger partial charge in [-0.05, 0) is 72.9 Å². The Morgan fingerprint density at radius 1 is 1.19 bits per heavy atom. The van der Waals surface area contributed by atoms with Crippen molar-refractivity contribution in [2.75, 3.05) is 32.8 Å². The lowest BCUT2D eigenvalue weighted by Crippen LogP contribution is -2.39. The number of hydrogen-bond donors (Lipinski definition) is 3. The molecule has 0 aliphatic carbocycles. The van der Waals surface area contributed by atoms with Crippen LogP contribution in [0, 0.1) is 13.8 Å². The molecule has 1 amide bonds. The highest BCUT2D eigenvalue weighted by molar-refractivity contribution is 5.92. The SMILES string of the molecule is Cc1c(-c2[nH]c3ccc(C4CCN(C(=O)CCNCCO)CC4)cc3c2C(C)C)cn2ncnc2c1C. The highest BCUT2D eigenvalue weighted by atomic mass is 16.3. The molecule has 0 saturated carbocycles. The summed E-state index contributed by atoms with van der Waals surface area (Å²) in [5.74, 6) is 1.01. The van der Waals surface area contributed by atoms with E-state index in [1.165, 1.54) is 22.1 Å². The van der Waals surface area contributed by atoms with Crippen molar-refractivity contribution in [1.29, 1.82) is 0 Å². The highest BCUT2D eigenvalue weighted by Gasteiger charge is 2.25. The molecular weight excluding hydrogens is 464 g/mol. The van der Waals surface area contributed by atoms with Gasteiger partial charge in [-0.3, -0.25) is 4.79 Å². The minimum Gasteiger partial charge on any atom is -0.395 e. The number of aromatic amines is 1. The minimum atomic E-state index is 0.0986. The van der Waals surface area contributed by atoms with Gasteiger partial charge in [-0.25, -0.2) is 9.50 Å². The molecule has 1 saturated heterocycles. The number of H-pyrrole nitrogens is 1. The van der Waals surface area contributed by atoms with Gasteiger partial charge in [0.1, 0.15) is 6.33 Å². The number of pyridine rings is 1. The van der Waals surface area contributed by atoms with E-state index in [0.29, 0.717) is 31.3 Å². The van der Waals surface area contributed by atoms with Crippen molar-refractivity contribution >= 4 is 22.5 Å². The van der Waals surface area contributed by atoms with Crippen LogP contribution in [0.4, 0.5) is 0 Å². The Balaban J connectivity index is 1.40. The van der Waals surface area contributed by atoms with Gasteiger partial charge in [0.05, 0.1) is 12.3 Å². The molecule has 0 atom stereocenters. The lowest BCUT2D eigenvalue weighted by molar-refractivity contribution is -0.132. The lowest BCUT2D eigenvalue weighted by Gasteiger charge is -2.32. The van der Waals surface area contributed by atoms with E-state index in [4.69, 9.17) is 5.11 Å². The number of nitrogens with zero attached hydrogens (tertiary/aromatic N) is 4. The maximum atomic E-state index is 12.6. The first-order chi connectivity index (χ1) is 17.9. The number of aryl methyl sites for hydroxylation is 1. The molecule has 37 heavy (non-hydrogen) atoms. The number of nitrogens with one attached hydrogen (secondary N) is 2. The zero-order valence-corrected chi connectivity index (χ0v) is 22.3. The van der Waals surface area contributed by atoms with E-state index in [-0.39, 0.29) is 12.5 Å². The summed E-state index contributed by atoms with van der Waals surface area (Å²) in [5.41, 5.74) is 9.44. The van der Waals surface area contributed by atoms with E-state index in [1.807, 2.05) is 9.42 Å². The van der Waals surface area contributed by atoms with Crippen LogP contribution in [-0.4, -0.2) is 68.3 Å². The molecule has 196 valence electrons. The summed E-state index contributed by atoms with van der Waals surface area (Å²) in [7, 11) is 0. The average molecular weight is 503 g/mol. The van der Waals surface area contributed by atoms with Gasteiger partial charge in [-0.15, -0.1) is 0 Å². The maximum Gasteiger partial charge on any atom is 0.223 e. The van der Waals surface area contributed by atoms with Gasteiger partial charge in [0.25, 0.3) is 0 Å². The third kappa shape index (κ3) is 4.88. The Morgan fingerprint density at radius 3 is 2.70 bits per heavy atom. The number of rotatable bonds is 8. The van der Waals surface area contributed by atoms with Crippen LogP contribution in [0.3, 0.4) is 0 Å². The van der Waals surface area contributed by atoms with E-state index >= 15 is 0 Å². The van der Waals surface area contributed by atoms with Gasteiger partial charge in [0.2, 0.25) is 5.91 Å². The number of carbonyl (C=O) groups is 1. The average Bonchev–Trinajstić information content (AvgIpc) is 3.53. The van der Waals surface area contributed by atoms with Crippen LogP contribution in [0.2, 0.25) is 0 Å². The smallest absolute Gasteiger partial charge is 0.223 e. The normalized spacial score (nSPS) is 14.9. The van der Waals surface area contributed by atoms with Crippen molar-refractivity contribution in [3.05, 3.63) is 53.0 Å². The van der Waals surface area contributed by atoms with Gasteiger partial charge in [0.15, 0.2) is 5.65 Å². The summed E-state index contributed by atoms with van der Waals surface area (Å²) >= 11 is 0. The molecule has 8 heteroatoms. The van der Waals surface area contributed by atoms with Crippen LogP contribution < -0.4 is 5.32 Å². The number of benzene rings is 1. The number of fused-ring (bicyclic) bond motifs is 2. The third-order valence-electron chi connectivity index (χ3n) is 7.96. The number of aliphatic hydroxyl groups is 1. The molecule has 3 N–H and O–H groups in total. The summed E-state index contributed by atoms with van der Waals surface area (Å²) in [6, 6.07) is 6.86. The first-order valence-electron chi connectivity index (χ1n) is 13.4. The highest BCUT2D eigenvalue weighted by Crippen LogP contribution is 2.39. The monoisotopic (exact) mass is 502 g/mol. The molecule has 1 aliphatic heterocycles. The number of likely N-dealkylation sites (tertiary alicyclic amines) is 1. The van der Waals surface area contributed by atoms with Crippen molar-refractivity contribution in [2.24, 2.45) is 0 Å². The third-order valence-corrected chi connectivity index (χ3v) is 7.96. The van der Waals surface area contributed by atoms with Gasteiger partial charge in [0, 0.05) is 55.3 Å². The zero-order chi connectivity index (χ0) is 26.1. The molecule has 0 unspecified atom stereocenters. The summed E-state index contributed by atoms with van der Waals surface area (Å²) < 4.78 is 1.87. The van der Waals surface area contributed by atoms with Crippen molar-refractivity contribution in [3.63, 3.8) is 0 Å². The van der Waals surface area contributed by atoms with Crippen molar-refractivity contribution in [3.8, 4) is 11.3 Å². The van der Waals surface area contributed by atoms with E-state index in [0.717, 1.165) is 53.9 Å². The minimum absolute atomic E-state index is 0.0986. The molecule has 1 fully saturated rings. The Bertz CT molecular complexity index is 1410. The van der Waals surface area contributed by atoms with Crippen LogP contribution in [0.15, 0.2) is 30.7 Å². The largest absolute Gasteiger partial charge is 0.395 e. The first-order valence-corrected chi connectivity index (χ1v) is 13.4. The molecule has 8 nitrogen and oxygen atoms in total. The van der Waals surface area contributed by atoms with E-state index in [9.17, 15) is 4.79 Å². The quantitative estimate of drug-likeness (QED) is 0.312. The van der Waals surface area contributed by atoms with Crippen molar-refractivity contribution < 1.29 is 9.90 Å². The second-order valence-electron chi connectivity index (χ2n) is 10.6. The Morgan fingerprint density at radius 2 is 1.97 bits per heavy atom. The Hall–Kier alpha value is -3.23. The summed E-state index contributed by atoms with van der Waals surface area (Å²) in [4.78, 5) is 22.7. The molecule has 4 heterocycles. The predicted octanol–water partition coefficient (Wildman–Crippen LogP) is 4.30. The van der Waals surface area contributed by atoms with Crippen LogP contribution in [0.25, 0.3) is 27.8 Å². The molecule has 0 bridgehead atoms. The fourth-order valence-corrected chi connectivity index (χ4v) is 5.77. The molecule has 5 rings (SSSR count). The second-order valence-corrected chi connectivity index (χ2v) is 10.6. The van der Waals surface area contributed by atoms with Crippen LogP contribution in [0.5, 0.6) is 0 Å². The molecule has 3 aromatic heterocycles. The number of piperidine rings is 1. The van der Waals surface area contributed by atoms with Crippen molar-refractivity contribution in [2.45, 2.75) is 58.8 Å². The fraction of sp³-hybridized carbons (Fsp3) is 0.483. The number of carbonyl (C=O) groups excluding carboxylic acids is 1. The predicted molar refractivity (Wildman–Crippen MR) is 147 cm³/mol. The fourth-order valence-electron chi connectivity index (χ4n) is 5.77. The summed E-state index contributed by atoms with van der Waals surface area (Å²) in [6.07, 6.45) is 6.15. The number of aromatic nitrogens is 4. The zero-order valence-electron chi connectivity index (χ0n) is 22.3. The van der Waals surface area contributed by atoms with Crippen LogP contribution >= 0.6 is 0 Å². The number of hydrogen-bond acceptors (Lipinski definition) is 5. The van der Waals surface area contributed by atoms with E-state index < -0.39 is 0 Å². The Kier molecular flexibility index (Phi) is 7.31. The maximum absolute atomic E-state index is 12.6. The Labute approximate surface area is 218 Å². The van der Waals surface area contributed by atoms with Crippen molar-refractivity contribution in [1.82, 2.24) is 29.8 Å². The standard InChI is InChI=1S/C29H38N6O2/c1-18(2)27-23-15-22(21-8-12-34(13-9-21)26(37)7-10-30-11-14-36)5-6-25(23)33-28(27)24-16-35-29(31-17-32-35)20(4)19(24)3/h5-6,15-18,21,30,33,36H,7-14H2,1-4H3. The molecule has 4 aromatic rings. The van der Waals surface area contributed by atoms with Crippen LogP contribution in [-0.2, 0) is 4.79 Å². The number of amides is 1. The molecule has 1 aliphatic rings. The van der Waals surface area contributed by atoms with Gasteiger partial charge >= 0.3 is 0 Å².